The van der Waals surface area contributed by atoms with Crippen molar-refractivity contribution in [3.05, 3.63) is 35.9 Å². The van der Waals surface area contributed by atoms with Crippen molar-refractivity contribution in [1.29, 1.82) is 0 Å². The van der Waals surface area contributed by atoms with Crippen molar-refractivity contribution >= 4 is 0 Å². The summed E-state index contributed by atoms with van der Waals surface area (Å²) in [4.78, 5) is 2.63. The highest BCUT2D eigenvalue weighted by molar-refractivity contribution is 5.18. The second-order valence-electron chi connectivity index (χ2n) is 5.96. The molecule has 1 aliphatic heterocycles. The summed E-state index contributed by atoms with van der Waals surface area (Å²) in [6.07, 6.45) is 8.08. The van der Waals surface area contributed by atoms with Crippen LogP contribution in [0.1, 0.15) is 57.1 Å². The van der Waals surface area contributed by atoms with Crippen LogP contribution in [-0.4, -0.2) is 31.1 Å². The summed E-state index contributed by atoms with van der Waals surface area (Å²) in [6.45, 7) is 7.18. The molecule has 0 saturated carbocycles. The lowest BCUT2D eigenvalue weighted by Gasteiger charge is -2.23. The summed E-state index contributed by atoms with van der Waals surface area (Å²) < 4.78 is 0. The lowest BCUT2D eigenvalue weighted by atomic mass is 10.0. The van der Waals surface area contributed by atoms with E-state index in [0.29, 0.717) is 6.04 Å². The first kappa shape index (κ1) is 15.5. The molecule has 1 heterocycles. The van der Waals surface area contributed by atoms with Crippen LogP contribution in [0, 0.1) is 0 Å². The van der Waals surface area contributed by atoms with Gasteiger partial charge in [0.2, 0.25) is 0 Å². The summed E-state index contributed by atoms with van der Waals surface area (Å²) in [5.41, 5.74) is 1.44. The number of nitrogens with one attached hydrogen (secondary N) is 1. The predicted octanol–water partition coefficient (Wildman–Crippen LogP) is 3.99. The minimum absolute atomic E-state index is 0.521. The van der Waals surface area contributed by atoms with Gasteiger partial charge in [-0.25, -0.2) is 0 Å². The van der Waals surface area contributed by atoms with Gasteiger partial charge in [0.15, 0.2) is 0 Å². The van der Waals surface area contributed by atoms with Crippen LogP contribution in [0.15, 0.2) is 30.3 Å². The Morgan fingerprint density at radius 3 is 2.40 bits per heavy atom. The average Bonchev–Trinajstić information content (AvgIpc) is 2.76. The van der Waals surface area contributed by atoms with Crippen LogP contribution in [-0.2, 0) is 0 Å². The molecule has 2 rings (SSSR count). The maximum Gasteiger partial charge on any atom is 0.0320 e. The van der Waals surface area contributed by atoms with Crippen molar-refractivity contribution in [2.45, 2.75) is 51.5 Å². The van der Waals surface area contributed by atoms with Crippen LogP contribution in [0.2, 0.25) is 0 Å². The first-order chi connectivity index (χ1) is 9.90. The topological polar surface area (TPSA) is 15.3 Å². The molecular weight excluding hydrogens is 244 g/mol. The van der Waals surface area contributed by atoms with Gasteiger partial charge in [-0.2, -0.15) is 0 Å². The first-order valence-corrected chi connectivity index (χ1v) is 8.41. The molecule has 112 valence electrons. The molecule has 1 fully saturated rings. The Bertz CT molecular complexity index is 342. The number of hydrogen-bond acceptors (Lipinski definition) is 2. The molecule has 20 heavy (non-hydrogen) atoms. The Balaban J connectivity index is 1.77. The highest BCUT2D eigenvalue weighted by Crippen LogP contribution is 2.17. The molecule has 1 aromatic rings. The van der Waals surface area contributed by atoms with E-state index in [9.17, 15) is 0 Å². The molecule has 1 saturated heterocycles. The van der Waals surface area contributed by atoms with Crippen LogP contribution in [0.3, 0.4) is 0 Å². The van der Waals surface area contributed by atoms with E-state index in [1.807, 2.05) is 0 Å². The molecule has 0 amide bonds. The standard InChI is InChI=1S/C18H30N2/c1-2-10-18(17-11-6-5-7-12-17)19-13-16-20-14-8-3-4-9-15-20/h5-7,11-12,18-19H,2-4,8-10,13-16H2,1H3. The maximum atomic E-state index is 3.76. The quantitative estimate of drug-likeness (QED) is 0.808. The predicted molar refractivity (Wildman–Crippen MR) is 87.0 cm³/mol. The lowest BCUT2D eigenvalue weighted by molar-refractivity contribution is 0.278. The summed E-state index contributed by atoms with van der Waals surface area (Å²) in [6, 6.07) is 11.4. The number of nitrogens with zero attached hydrogens (tertiary/aromatic N) is 1. The normalized spacial score (nSPS) is 18.6. The van der Waals surface area contributed by atoms with E-state index in [1.54, 1.807) is 0 Å². The number of benzene rings is 1. The van der Waals surface area contributed by atoms with E-state index in [2.05, 4.69) is 47.5 Å². The van der Waals surface area contributed by atoms with Crippen molar-refractivity contribution in [2.24, 2.45) is 0 Å². The van der Waals surface area contributed by atoms with Gasteiger partial charge in [-0.3, -0.25) is 0 Å². The van der Waals surface area contributed by atoms with Crippen LogP contribution >= 0.6 is 0 Å². The second-order valence-corrected chi connectivity index (χ2v) is 5.96. The Kier molecular flexibility index (Phi) is 7.10. The van der Waals surface area contributed by atoms with Crippen LogP contribution < -0.4 is 5.32 Å². The molecule has 0 spiro atoms. The van der Waals surface area contributed by atoms with E-state index in [0.717, 1.165) is 6.54 Å². The van der Waals surface area contributed by atoms with Gasteiger partial charge in [-0.1, -0.05) is 56.5 Å². The molecule has 0 aromatic heterocycles. The largest absolute Gasteiger partial charge is 0.309 e. The smallest absolute Gasteiger partial charge is 0.0320 e. The van der Waals surface area contributed by atoms with Crippen LogP contribution in [0.25, 0.3) is 0 Å². The van der Waals surface area contributed by atoms with Crippen molar-refractivity contribution in [1.82, 2.24) is 10.2 Å². The molecule has 1 N–H and O–H groups in total. The maximum absolute atomic E-state index is 3.76. The van der Waals surface area contributed by atoms with Crippen molar-refractivity contribution in [3.8, 4) is 0 Å². The zero-order chi connectivity index (χ0) is 14.0. The average molecular weight is 274 g/mol. The molecule has 1 unspecified atom stereocenters. The third kappa shape index (κ3) is 5.26. The molecule has 0 bridgehead atoms. The van der Waals surface area contributed by atoms with E-state index < -0.39 is 0 Å². The van der Waals surface area contributed by atoms with Gasteiger partial charge in [0.05, 0.1) is 0 Å². The van der Waals surface area contributed by atoms with Gasteiger partial charge in [-0.15, -0.1) is 0 Å². The summed E-state index contributed by atoms with van der Waals surface area (Å²) in [5.74, 6) is 0. The first-order valence-electron chi connectivity index (χ1n) is 8.41. The SMILES string of the molecule is CCCC(NCCN1CCCCCC1)c1ccccc1. The summed E-state index contributed by atoms with van der Waals surface area (Å²) in [7, 11) is 0. The van der Waals surface area contributed by atoms with Gasteiger partial charge in [-0.05, 0) is 37.9 Å². The lowest BCUT2D eigenvalue weighted by Crippen LogP contribution is -2.34. The van der Waals surface area contributed by atoms with Crippen molar-refractivity contribution < 1.29 is 0 Å². The number of rotatable bonds is 7. The van der Waals surface area contributed by atoms with Gasteiger partial charge >= 0.3 is 0 Å². The summed E-state index contributed by atoms with van der Waals surface area (Å²) in [5, 5.41) is 3.76. The van der Waals surface area contributed by atoms with E-state index >= 15 is 0 Å². The highest BCUT2D eigenvalue weighted by Gasteiger charge is 2.11. The minimum atomic E-state index is 0.521. The fourth-order valence-electron chi connectivity index (χ4n) is 3.12. The van der Waals surface area contributed by atoms with Gasteiger partial charge < -0.3 is 10.2 Å². The zero-order valence-electron chi connectivity index (χ0n) is 13.0. The second kappa shape index (κ2) is 9.15. The molecule has 0 aliphatic carbocycles. The molecular formula is C18H30N2. The summed E-state index contributed by atoms with van der Waals surface area (Å²) >= 11 is 0. The Labute approximate surface area is 124 Å². The Morgan fingerprint density at radius 1 is 1.05 bits per heavy atom. The Hall–Kier alpha value is -0.860. The number of likely N-dealkylation sites (tertiary alicyclic amines) is 1. The molecule has 2 nitrogen and oxygen atoms in total. The molecule has 0 radical (unpaired) electrons. The molecule has 2 heteroatoms. The fraction of sp³-hybridized carbons (Fsp3) is 0.667. The Morgan fingerprint density at radius 2 is 1.75 bits per heavy atom. The third-order valence-electron chi connectivity index (χ3n) is 4.30. The molecule has 1 aliphatic rings. The van der Waals surface area contributed by atoms with Crippen LogP contribution in [0.4, 0.5) is 0 Å². The van der Waals surface area contributed by atoms with Gasteiger partial charge in [0.1, 0.15) is 0 Å². The number of hydrogen-bond donors (Lipinski definition) is 1. The molecule has 1 atom stereocenters. The van der Waals surface area contributed by atoms with Crippen molar-refractivity contribution in [2.75, 3.05) is 26.2 Å². The van der Waals surface area contributed by atoms with E-state index in [4.69, 9.17) is 0 Å². The third-order valence-corrected chi connectivity index (χ3v) is 4.30. The van der Waals surface area contributed by atoms with E-state index in [-0.39, 0.29) is 0 Å². The fourth-order valence-corrected chi connectivity index (χ4v) is 3.12. The zero-order valence-corrected chi connectivity index (χ0v) is 13.0. The van der Waals surface area contributed by atoms with Crippen LogP contribution in [0.5, 0.6) is 0 Å². The monoisotopic (exact) mass is 274 g/mol. The molecule has 1 aromatic carbocycles. The minimum Gasteiger partial charge on any atom is -0.309 e. The highest BCUT2D eigenvalue weighted by atomic mass is 15.1. The van der Waals surface area contributed by atoms with E-state index in [1.165, 1.54) is 63.7 Å². The van der Waals surface area contributed by atoms with Crippen molar-refractivity contribution in [3.63, 3.8) is 0 Å². The van der Waals surface area contributed by atoms with Gasteiger partial charge in [0.25, 0.3) is 0 Å². The van der Waals surface area contributed by atoms with Gasteiger partial charge in [0, 0.05) is 19.1 Å².